The lowest BCUT2D eigenvalue weighted by atomic mass is 10.1. The monoisotopic (exact) mass is 378 g/mol. The van der Waals surface area contributed by atoms with Gasteiger partial charge in [0.05, 0.1) is 23.1 Å². The number of carbonyl (C=O) groups excluding carboxylic acids is 1. The molecule has 1 heterocycles. The molecular weight excluding hydrogens is 361 g/mol. The van der Waals surface area contributed by atoms with Crippen LogP contribution in [0.4, 0.5) is 13.2 Å². The molecule has 3 aromatic rings. The van der Waals surface area contributed by atoms with Gasteiger partial charge in [0.2, 0.25) is 0 Å². The van der Waals surface area contributed by atoms with Crippen LogP contribution in [0.5, 0.6) is 0 Å². The van der Waals surface area contributed by atoms with Gasteiger partial charge in [-0.25, -0.2) is 9.48 Å². The first-order valence-electron chi connectivity index (χ1n) is 8.33. The van der Waals surface area contributed by atoms with Crippen LogP contribution in [0.1, 0.15) is 24.1 Å². The van der Waals surface area contributed by atoms with Gasteiger partial charge in [0.1, 0.15) is 0 Å². The number of ether oxygens (including phenoxy) is 1. The zero-order chi connectivity index (χ0) is 19.6. The number of benzene rings is 2. The normalized spacial score (nSPS) is 12.9. The molecule has 0 aliphatic rings. The number of esters is 1. The smallest absolute Gasteiger partial charge is 0.416 e. The summed E-state index contributed by atoms with van der Waals surface area (Å²) in [6, 6.07) is 10.8. The summed E-state index contributed by atoms with van der Waals surface area (Å²) in [4.78, 5) is 25.1. The lowest BCUT2D eigenvalue weighted by molar-refractivity contribution is -0.147. The van der Waals surface area contributed by atoms with Gasteiger partial charge in [-0.15, -0.1) is 0 Å². The first kappa shape index (κ1) is 18.8. The Bertz CT molecular complexity index is 1010. The van der Waals surface area contributed by atoms with E-state index in [0.717, 1.165) is 28.4 Å². The quantitative estimate of drug-likeness (QED) is 0.689. The Labute approximate surface area is 152 Å². The summed E-state index contributed by atoms with van der Waals surface area (Å²) in [5.74, 6) is -0.633. The summed E-state index contributed by atoms with van der Waals surface area (Å²) in [5, 5.41) is 2.71. The molecule has 0 aliphatic heterocycles. The molecule has 27 heavy (non-hydrogen) atoms. The number of nitrogens with zero attached hydrogens (tertiary/aromatic N) is 1. The van der Waals surface area contributed by atoms with Crippen LogP contribution in [0.25, 0.3) is 10.9 Å². The molecule has 0 radical (unpaired) electrons. The SMILES string of the molecule is CCOC(=O)C(Cc1ccccc1)n1[nH]c2cc(C(F)(F)F)ccc2c1=O. The molecule has 2 aromatic carbocycles. The van der Waals surface area contributed by atoms with Crippen LogP contribution in [0.3, 0.4) is 0 Å². The highest BCUT2D eigenvalue weighted by molar-refractivity contribution is 5.80. The number of rotatable bonds is 5. The van der Waals surface area contributed by atoms with Crippen LogP contribution in [0.2, 0.25) is 0 Å². The highest BCUT2D eigenvalue weighted by Crippen LogP contribution is 2.30. The third-order valence-electron chi connectivity index (χ3n) is 4.18. The molecule has 3 rings (SSSR count). The van der Waals surface area contributed by atoms with E-state index in [0.29, 0.717) is 0 Å². The Kier molecular flexibility index (Phi) is 5.07. The average molecular weight is 378 g/mol. The van der Waals surface area contributed by atoms with Crippen LogP contribution in [-0.2, 0) is 22.1 Å². The van der Waals surface area contributed by atoms with Crippen molar-refractivity contribution in [2.24, 2.45) is 0 Å². The lowest BCUT2D eigenvalue weighted by Gasteiger charge is -2.16. The predicted molar refractivity (Wildman–Crippen MR) is 93.4 cm³/mol. The van der Waals surface area contributed by atoms with E-state index in [9.17, 15) is 22.8 Å². The topological polar surface area (TPSA) is 64.1 Å². The van der Waals surface area contributed by atoms with E-state index in [1.807, 2.05) is 6.07 Å². The molecule has 1 aromatic heterocycles. The minimum atomic E-state index is -4.53. The van der Waals surface area contributed by atoms with Gasteiger partial charge in [0, 0.05) is 6.42 Å². The molecule has 1 unspecified atom stereocenters. The number of carbonyl (C=O) groups is 1. The van der Waals surface area contributed by atoms with Crippen LogP contribution in [0, 0.1) is 0 Å². The minimum Gasteiger partial charge on any atom is -0.464 e. The summed E-state index contributed by atoms with van der Waals surface area (Å²) in [6.07, 6.45) is -4.36. The van der Waals surface area contributed by atoms with Crippen molar-refractivity contribution < 1.29 is 22.7 Å². The molecule has 8 heteroatoms. The van der Waals surface area contributed by atoms with Crippen LogP contribution in [0.15, 0.2) is 53.3 Å². The van der Waals surface area contributed by atoms with E-state index in [1.54, 1.807) is 31.2 Å². The number of H-pyrrole nitrogens is 1. The molecule has 0 amide bonds. The van der Waals surface area contributed by atoms with Gasteiger partial charge in [-0.1, -0.05) is 30.3 Å². The summed E-state index contributed by atoms with van der Waals surface area (Å²) in [6.45, 7) is 1.76. The zero-order valence-electron chi connectivity index (χ0n) is 14.4. The van der Waals surface area contributed by atoms with E-state index in [1.165, 1.54) is 0 Å². The number of nitrogens with one attached hydrogen (secondary N) is 1. The second kappa shape index (κ2) is 7.30. The number of halogens is 3. The van der Waals surface area contributed by atoms with Gasteiger partial charge >= 0.3 is 12.1 Å². The highest BCUT2D eigenvalue weighted by Gasteiger charge is 2.32. The summed E-state index contributed by atoms with van der Waals surface area (Å²) in [7, 11) is 0. The zero-order valence-corrected chi connectivity index (χ0v) is 14.4. The molecule has 0 saturated heterocycles. The third-order valence-corrected chi connectivity index (χ3v) is 4.18. The van der Waals surface area contributed by atoms with Crippen molar-refractivity contribution in [2.45, 2.75) is 25.6 Å². The van der Waals surface area contributed by atoms with Crippen LogP contribution < -0.4 is 5.56 Å². The van der Waals surface area contributed by atoms with Crippen molar-refractivity contribution in [2.75, 3.05) is 6.61 Å². The van der Waals surface area contributed by atoms with E-state index in [2.05, 4.69) is 5.10 Å². The fraction of sp³-hybridized carbons (Fsp3) is 0.263. The maximum absolute atomic E-state index is 12.9. The largest absolute Gasteiger partial charge is 0.464 e. The fourth-order valence-electron chi connectivity index (χ4n) is 2.89. The van der Waals surface area contributed by atoms with Crippen molar-refractivity contribution in [3.05, 3.63) is 70.0 Å². The second-order valence-corrected chi connectivity index (χ2v) is 6.00. The van der Waals surface area contributed by atoms with Crippen molar-refractivity contribution in [1.82, 2.24) is 9.78 Å². The number of hydrogen-bond donors (Lipinski definition) is 1. The number of aromatic nitrogens is 2. The third kappa shape index (κ3) is 3.89. The minimum absolute atomic E-state index is 0.0113. The van der Waals surface area contributed by atoms with Crippen molar-refractivity contribution in [3.8, 4) is 0 Å². The Morgan fingerprint density at radius 2 is 1.89 bits per heavy atom. The first-order chi connectivity index (χ1) is 12.8. The Morgan fingerprint density at radius 3 is 2.52 bits per heavy atom. The highest BCUT2D eigenvalue weighted by atomic mass is 19.4. The Hall–Kier alpha value is -3.03. The standard InChI is InChI=1S/C19H17F3N2O3/c1-2-27-18(26)16(10-12-6-4-3-5-7-12)24-17(25)14-9-8-13(19(20,21)22)11-15(14)23-24/h3-9,11,16,23H,2,10H2,1H3. The molecule has 0 fully saturated rings. The number of fused-ring (bicyclic) bond motifs is 1. The van der Waals surface area contributed by atoms with Gasteiger partial charge in [0.15, 0.2) is 6.04 Å². The summed E-state index contributed by atoms with van der Waals surface area (Å²) < 4.78 is 44.9. The lowest BCUT2D eigenvalue weighted by Crippen LogP contribution is -2.31. The van der Waals surface area contributed by atoms with Gasteiger partial charge in [-0.05, 0) is 30.7 Å². The molecule has 0 spiro atoms. The number of aromatic amines is 1. The van der Waals surface area contributed by atoms with E-state index in [4.69, 9.17) is 4.74 Å². The molecule has 1 atom stereocenters. The number of hydrogen-bond acceptors (Lipinski definition) is 3. The first-order valence-corrected chi connectivity index (χ1v) is 8.33. The van der Waals surface area contributed by atoms with Crippen molar-refractivity contribution in [1.29, 1.82) is 0 Å². The molecule has 0 aliphatic carbocycles. The second-order valence-electron chi connectivity index (χ2n) is 6.00. The van der Waals surface area contributed by atoms with Gasteiger partial charge in [-0.3, -0.25) is 9.89 Å². The molecule has 142 valence electrons. The maximum Gasteiger partial charge on any atom is 0.416 e. The van der Waals surface area contributed by atoms with Crippen LogP contribution in [-0.4, -0.2) is 22.4 Å². The van der Waals surface area contributed by atoms with Gasteiger partial charge < -0.3 is 4.74 Å². The molecular formula is C19H17F3N2O3. The van der Waals surface area contributed by atoms with E-state index in [-0.39, 0.29) is 23.9 Å². The molecule has 5 nitrogen and oxygen atoms in total. The van der Waals surface area contributed by atoms with Crippen molar-refractivity contribution >= 4 is 16.9 Å². The number of alkyl halides is 3. The van der Waals surface area contributed by atoms with Crippen molar-refractivity contribution in [3.63, 3.8) is 0 Å². The molecule has 0 bridgehead atoms. The van der Waals surface area contributed by atoms with E-state index >= 15 is 0 Å². The Balaban J connectivity index is 2.08. The van der Waals surface area contributed by atoms with Gasteiger partial charge in [0.25, 0.3) is 5.56 Å². The van der Waals surface area contributed by atoms with Gasteiger partial charge in [-0.2, -0.15) is 13.2 Å². The average Bonchev–Trinajstić information content (AvgIpc) is 2.96. The maximum atomic E-state index is 12.9. The Morgan fingerprint density at radius 1 is 1.19 bits per heavy atom. The molecule has 0 saturated carbocycles. The summed E-state index contributed by atoms with van der Waals surface area (Å²) in [5.41, 5.74) is -0.652. The summed E-state index contributed by atoms with van der Waals surface area (Å²) >= 11 is 0. The van der Waals surface area contributed by atoms with Crippen LogP contribution >= 0.6 is 0 Å². The fourth-order valence-corrected chi connectivity index (χ4v) is 2.89. The predicted octanol–water partition coefficient (Wildman–Crippen LogP) is 3.70. The van der Waals surface area contributed by atoms with E-state index < -0.39 is 29.3 Å². The molecule has 1 N–H and O–H groups in total.